The Morgan fingerprint density at radius 2 is 1.81 bits per heavy atom. The average molecular weight is 497 g/mol. The molecule has 0 saturated carbocycles. The molecule has 0 fully saturated rings. The van der Waals surface area contributed by atoms with Crippen LogP contribution in [-0.2, 0) is 6.54 Å². The first-order valence-corrected chi connectivity index (χ1v) is 12.5. The van der Waals surface area contributed by atoms with E-state index in [9.17, 15) is 4.79 Å². The van der Waals surface area contributed by atoms with Gasteiger partial charge >= 0.3 is 0 Å². The Morgan fingerprint density at radius 1 is 1.00 bits per heavy atom. The van der Waals surface area contributed by atoms with Crippen molar-refractivity contribution in [3.8, 4) is 22.6 Å². The van der Waals surface area contributed by atoms with E-state index in [-0.39, 0.29) is 11.9 Å². The summed E-state index contributed by atoms with van der Waals surface area (Å²) in [6.07, 6.45) is 5.46. The molecule has 1 amide bonds. The molecule has 3 heterocycles. The standard InChI is InChI=1S/C30H32N4O3/c1-19-6-7-20(2)25(14-19)26-15-23(18-33-11-10-31-22(33)4)16-27-29(26)37-13-12-34(30(27)35)21(3)28-17-24(36-5)8-9-32-28/h6-11,14-17,21H,12-13,18H2,1-5H3/t21-/m0/s1. The van der Waals surface area contributed by atoms with Crippen LogP contribution in [-0.4, -0.2) is 45.6 Å². The van der Waals surface area contributed by atoms with Gasteiger partial charge in [0.25, 0.3) is 5.91 Å². The van der Waals surface area contributed by atoms with Crippen molar-refractivity contribution in [3.05, 3.63) is 94.8 Å². The van der Waals surface area contributed by atoms with Gasteiger partial charge in [0.1, 0.15) is 23.9 Å². The van der Waals surface area contributed by atoms with Crippen molar-refractivity contribution >= 4 is 5.91 Å². The van der Waals surface area contributed by atoms with Gasteiger partial charge in [-0.15, -0.1) is 0 Å². The molecule has 1 aliphatic rings. The van der Waals surface area contributed by atoms with Crippen LogP contribution in [0.5, 0.6) is 11.5 Å². The molecule has 2 aromatic carbocycles. The van der Waals surface area contributed by atoms with Crippen molar-refractivity contribution in [3.63, 3.8) is 0 Å². The average Bonchev–Trinajstić information content (AvgIpc) is 3.23. The summed E-state index contributed by atoms with van der Waals surface area (Å²) in [4.78, 5) is 24.9. The molecule has 190 valence electrons. The molecular formula is C30H32N4O3. The third kappa shape index (κ3) is 4.81. The smallest absolute Gasteiger partial charge is 0.258 e. The molecule has 1 atom stereocenters. The fourth-order valence-corrected chi connectivity index (χ4v) is 4.90. The van der Waals surface area contributed by atoms with Crippen molar-refractivity contribution in [2.75, 3.05) is 20.3 Å². The van der Waals surface area contributed by atoms with Gasteiger partial charge in [-0.1, -0.05) is 23.8 Å². The second kappa shape index (κ2) is 10.1. The number of nitrogens with zero attached hydrogens (tertiary/aromatic N) is 4. The molecule has 0 bridgehead atoms. The summed E-state index contributed by atoms with van der Waals surface area (Å²) >= 11 is 0. The quantitative estimate of drug-likeness (QED) is 0.351. The van der Waals surface area contributed by atoms with Gasteiger partial charge in [-0.05, 0) is 62.6 Å². The number of hydrogen-bond acceptors (Lipinski definition) is 5. The van der Waals surface area contributed by atoms with E-state index in [2.05, 4.69) is 52.6 Å². The Bertz CT molecular complexity index is 1460. The fraction of sp³-hybridized carbons (Fsp3) is 0.300. The minimum absolute atomic E-state index is 0.0691. The van der Waals surface area contributed by atoms with Gasteiger partial charge < -0.3 is 18.9 Å². The summed E-state index contributed by atoms with van der Waals surface area (Å²) in [6, 6.07) is 13.9. The number of rotatable bonds is 6. The zero-order valence-electron chi connectivity index (χ0n) is 22.0. The number of carbonyl (C=O) groups excluding carboxylic acids is 1. The molecule has 2 aromatic heterocycles. The van der Waals surface area contributed by atoms with Gasteiger partial charge in [0.2, 0.25) is 0 Å². The summed E-state index contributed by atoms with van der Waals surface area (Å²) in [5.74, 6) is 2.20. The summed E-state index contributed by atoms with van der Waals surface area (Å²) in [5.41, 5.74) is 6.66. The van der Waals surface area contributed by atoms with Crippen molar-refractivity contribution in [1.82, 2.24) is 19.4 Å². The summed E-state index contributed by atoms with van der Waals surface area (Å²) in [5, 5.41) is 0. The predicted molar refractivity (Wildman–Crippen MR) is 143 cm³/mol. The lowest BCUT2D eigenvalue weighted by molar-refractivity contribution is 0.0684. The Kier molecular flexibility index (Phi) is 6.70. The first kappa shape index (κ1) is 24.6. The van der Waals surface area contributed by atoms with E-state index in [1.165, 1.54) is 0 Å². The van der Waals surface area contributed by atoms with Crippen LogP contribution in [0, 0.1) is 20.8 Å². The number of pyridine rings is 1. The van der Waals surface area contributed by atoms with E-state index in [0.717, 1.165) is 39.3 Å². The van der Waals surface area contributed by atoms with E-state index < -0.39 is 0 Å². The van der Waals surface area contributed by atoms with Gasteiger partial charge in [0.05, 0.1) is 31.0 Å². The molecule has 0 radical (unpaired) electrons. The lowest BCUT2D eigenvalue weighted by atomic mass is 9.93. The molecular weight excluding hydrogens is 464 g/mol. The van der Waals surface area contributed by atoms with E-state index in [1.807, 2.05) is 37.1 Å². The molecule has 7 heteroatoms. The summed E-state index contributed by atoms with van der Waals surface area (Å²) in [7, 11) is 1.63. The van der Waals surface area contributed by atoms with E-state index in [4.69, 9.17) is 9.47 Å². The van der Waals surface area contributed by atoms with Gasteiger partial charge in [-0.25, -0.2) is 4.98 Å². The maximum absolute atomic E-state index is 14.1. The molecule has 5 rings (SSSR count). The molecule has 0 N–H and O–H groups in total. The highest BCUT2D eigenvalue weighted by Crippen LogP contribution is 2.40. The second-order valence-corrected chi connectivity index (χ2v) is 9.58. The first-order chi connectivity index (χ1) is 17.9. The third-order valence-corrected chi connectivity index (χ3v) is 7.06. The van der Waals surface area contributed by atoms with Crippen molar-refractivity contribution in [2.24, 2.45) is 0 Å². The van der Waals surface area contributed by atoms with Crippen LogP contribution in [0.2, 0.25) is 0 Å². The Labute approximate surface area is 217 Å². The first-order valence-electron chi connectivity index (χ1n) is 12.5. The molecule has 0 unspecified atom stereocenters. The Morgan fingerprint density at radius 3 is 2.57 bits per heavy atom. The van der Waals surface area contributed by atoms with Gasteiger partial charge in [0, 0.05) is 36.8 Å². The highest BCUT2D eigenvalue weighted by Gasteiger charge is 2.31. The van der Waals surface area contributed by atoms with Crippen LogP contribution in [0.25, 0.3) is 11.1 Å². The maximum atomic E-state index is 14.1. The number of hydrogen-bond donors (Lipinski definition) is 0. The minimum Gasteiger partial charge on any atom is -0.497 e. The van der Waals surface area contributed by atoms with Crippen LogP contribution >= 0.6 is 0 Å². The van der Waals surface area contributed by atoms with Crippen LogP contribution in [0.15, 0.2) is 61.1 Å². The largest absolute Gasteiger partial charge is 0.497 e. The highest BCUT2D eigenvalue weighted by atomic mass is 16.5. The van der Waals surface area contributed by atoms with Crippen molar-refractivity contribution < 1.29 is 14.3 Å². The molecule has 0 spiro atoms. The van der Waals surface area contributed by atoms with Crippen LogP contribution in [0.4, 0.5) is 0 Å². The molecule has 1 aliphatic heterocycles. The minimum atomic E-state index is -0.249. The molecule has 0 aliphatic carbocycles. The van der Waals surface area contributed by atoms with Crippen LogP contribution in [0.1, 0.15) is 51.5 Å². The van der Waals surface area contributed by atoms with E-state index in [1.54, 1.807) is 25.6 Å². The number of methoxy groups -OCH3 is 1. The number of aryl methyl sites for hydroxylation is 3. The van der Waals surface area contributed by atoms with Gasteiger partial charge in [-0.3, -0.25) is 9.78 Å². The lowest BCUT2D eigenvalue weighted by Crippen LogP contribution is -2.35. The summed E-state index contributed by atoms with van der Waals surface area (Å²) < 4.78 is 13.8. The Hall–Kier alpha value is -4.13. The van der Waals surface area contributed by atoms with Crippen LogP contribution < -0.4 is 9.47 Å². The SMILES string of the molecule is COc1ccnc([C@H](C)N2CCOc3c(cc(Cn4ccnc4C)cc3-c3cc(C)ccc3C)C2=O)c1. The normalized spacial score (nSPS) is 14.1. The van der Waals surface area contributed by atoms with Gasteiger partial charge in [0.15, 0.2) is 0 Å². The third-order valence-electron chi connectivity index (χ3n) is 7.06. The number of carbonyl (C=O) groups is 1. The van der Waals surface area contributed by atoms with E-state index >= 15 is 0 Å². The number of aromatic nitrogens is 3. The predicted octanol–water partition coefficient (Wildman–Crippen LogP) is 5.52. The number of benzene rings is 2. The number of ether oxygens (including phenoxy) is 2. The zero-order valence-corrected chi connectivity index (χ0v) is 22.0. The zero-order chi connectivity index (χ0) is 26.1. The monoisotopic (exact) mass is 496 g/mol. The van der Waals surface area contributed by atoms with Crippen molar-refractivity contribution in [1.29, 1.82) is 0 Å². The lowest BCUT2D eigenvalue weighted by Gasteiger charge is -2.27. The van der Waals surface area contributed by atoms with E-state index in [0.29, 0.717) is 36.8 Å². The number of imidazole rings is 1. The number of amides is 1. The second-order valence-electron chi connectivity index (χ2n) is 9.58. The highest BCUT2D eigenvalue weighted by molar-refractivity contribution is 6.00. The molecule has 0 saturated heterocycles. The Balaban J connectivity index is 1.63. The fourth-order valence-electron chi connectivity index (χ4n) is 4.90. The topological polar surface area (TPSA) is 69.5 Å². The van der Waals surface area contributed by atoms with Gasteiger partial charge in [-0.2, -0.15) is 0 Å². The maximum Gasteiger partial charge on any atom is 0.258 e. The molecule has 7 nitrogen and oxygen atoms in total. The van der Waals surface area contributed by atoms with Crippen molar-refractivity contribution in [2.45, 2.75) is 40.3 Å². The molecule has 4 aromatic rings. The van der Waals surface area contributed by atoms with Crippen LogP contribution in [0.3, 0.4) is 0 Å². The number of fused-ring (bicyclic) bond motifs is 1. The summed E-state index contributed by atoms with van der Waals surface area (Å²) in [6.45, 7) is 9.60. The molecule has 37 heavy (non-hydrogen) atoms.